The van der Waals surface area contributed by atoms with Crippen LogP contribution < -0.4 is 0 Å². The molecule has 1 rings (SSSR count). The minimum absolute atomic E-state index is 0.127. The summed E-state index contributed by atoms with van der Waals surface area (Å²) in [6, 6.07) is 6.73. The zero-order chi connectivity index (χ0) is 11.6. The van der Waals surface area contributed by atoms with Crippen molar-refractivity contribution in [2.45, 2.75) is 24.7 Å². The zero-order valence-corrected chi connectivity index (χ0v) is 9.80. The van der Waals surface area contributed by atoms with Crippen molar-refractivity contribution in [1.29, 1.82) is 5.26 Å². The third-order valence-electron chi connectivity index (χ3n) is 2.16. The summed E-state index contributed by atoms with van der Waals surface area (Å²) in [6.45, 7) is 3.85. The molecule has 0 amide bonds. The van der Waals surface area contributed by atoms with Crippen molar-refractivity contribution in [3.8, 4) is 6.07 Å². The second kappa shape index (κ2) is 4.03. The molecule has 15 heavy (non-hydrogen) atoms. The highest BCUT2D eigenvalue weighted by Crippen LogP contribution is 2.24. The summed E-state index contributed by atoms with van der Waals surface area (Å²) in [7, 11) is -3.26. The fraction of sp³-hybridized carbons (Fsp3) is 0.364. The van der Waals surface area contributed by atoms with Gasteiger partial charge in [-0.3, -0.25) is 0 Å². The number of nitriles is 1. The molecule has 0 aliphatic carbocycles. The molecule has 0 fully saturated rings. The molecular formula is C11H13NO2S. The molecule has 0 spiro atoms. The molecular weight excluding hydrogens is 210 g/mol. The Labute approximate surface area is 90.3 Å². The van der Waals surface area contributed by atoms with Crippen molar-refractivity contribution in [3.05, 3.63) is 29.3 Å². The van der Waals surface area contributed by atoms with Crippen LogP contribution in [-0.2, 0) is 9.84 Å². The van der Waals surface area contributed by atoms with Gasteiger partial charge in [0.1, 0.15) is 0 Å². The van der Waals surface area contributed by atoms with Gasteiger partial charge in [-0.05, 0) is 23.6 Å². The smallest absolute Gasteiger partial charge is 0.175 e. The third-order valence-corrected chi connectivity index (χ3v) is 3.32. The molecule has 0 unspecified atom stereocenters. The van der Waals surface area contributed by atoms with Gasteiger partial charge in [-0.2, -0.15) is 5.26 Å². The zero-order valence-electron chi connectivity index (χ0n) is 8.98. The van der Waals surface area contributed by atoms with Crippen molar-refractivity contribution in [2.24, 2.45) is 0 Å². The molecule has 1 aromatic carbocycles. The molecule has 0 saturated heterocycles. The molecule has 0 saturated carbocycles. The van der Waals surface area contributed by atoms with E-state index in [1.165, 1.54) is 6.07 Å². The number of sulfone groups is 1. The molecule has 0 N–H and O–H groups in total. The van der Waals surface area contributed by atoms with E-state index < -0.39 is 9.84 Å². The summed E-state index contributed by atoms with van der Waals surface area (Å²) >= 11 is 0. The monoisotopic (exact) mass is 223 g/mol. The second-order valence-corrected chi connectivity index (χ2v) is 5.78. The van der Waals surface area contributed by atoms with Gasteiger partial charge in [-0.1, -0.05) is 19.9 Å². The average Bonchev–Trinajstić information content (AvgIpc) is 2.15. The average molecular weight is 223 g/mol. The number of hydrogen-bond donors (Lipinski definition) is 0. The van der Waals surface area contributed by atoms with E-state index in [9.17, 15) is 8.42 Å². The maximum Gasteiger partial charge on any atom is 0.175 e. The number of rotatable bonds is 2. The molecule has 0 atom stereocenters. The lowest BCUT2D eigenvalue weighted by molar-refractivity contribution is 0.599. The van der Waals surface area contributed by atoms with Crippen molar-refractivity contribution < 1.29 is 8.42 Å². The van der Waals surface area contributed by atoms with Crippen LogP contribution in [0.3, 0.4) is 0 Å². The van der Waals surface area contributed by atoms with E-state index in [1.807, 2.05) is 19.9 Å². The number of hydrogen-bond acceptors (Lipinski definition) is 3. The molecule has 4 heteroatoms. The molecule has 3 nitrogen and oxygen atoms in total. The van der Waals surface area contributed by atoms with Crippen molar-refractivity contribution >= 4 is 9.84 Å². The van der Waals surface area contributed by atoms with Crippen LogP contribution >= 0.6 is 0 Å². The summed E-state index contributed by atoms with van der Waals surface area (Å²) in [5.74, 6) is 0.127. The van der Waals surface area contributed by atoms with Crippen LogP contribution in [0.5, 0.6) is 0 Å². The summed E-state index contributed by atoms with van der Waals surface area (Å²) in [5.41, 5.74) is 1.14. The standard InChI is InChI=1S/C11H13NO2S/c1-8(2)10-5-4-9(7-12)6-11(10)15(3,13)14/h4-6,8H,1-3H3. The lowest BCUT2D eigenvalue weighted by Crippen LogP contribution is -2.04. The summed E-state index contributed by atoms with van der Waals surface area (Å²) in [5, 5.41) is 8.71. The SMILES string of the molecule is CC(C)c1ccc(C#N)cc1S(C)(=O)=O. The normalized spacial score (nSPS) is 11.4. The van der Waals surface area contributed by atoms with Gasteiger partial charge in [0.25, 0.3) is 0 Å². The first-order valence-corrected chi connectivity index (χ1v) is 6.49. The number of nitrogens with zero attached hydrogens (tertiary/aromatic N) is 1. The van der Waals surface area contributed by atoms with E-state index in [4.69, 9.17) is 5.26 Å². The Balaban J connectivity index is 3.52. The summed E-state index contributed by atoms with van der Waals surface area (Å²) in [4.78, 5) is 0.261. The van der Waals surface area contributed by atoms with E-state index in [1.54, 1.807) is 12.1 Å². The van der Waals surface area contributed by atoms with Gasteiger partial charge in [-0.15, -0.1) is 0 Å². The van der Waals surface area contributed by atoms with Gasteiger partial charge in [0.05, 0.1) is 16.5 Å². The van der Waals surface area contributed by atoms with Crippen molar-refractivity contribution in [1.82, 2.24) is 0 Å². The van der Waals surface area contributed by atoms with E-state index in [2.05, 4.69) is 0 Å². The van der Waals surface area contributed by atoms with E-state index in [0.717, 1.165) is 11.8 Å². The Morgan fingerprint density at radius 3 is 2.33 bits per heavy atom. The maximum absolute atomic E-state index is 11.5. The molecule has 80 valence electrons. The Kier molecular flexibility index (Phi) is 3.15. The van der Waals surface area contributed by atoms with E-state index in [0.29, 0.717) is 5.56 Å². The highest BCUT2D eigenvalue weighted by atomic mass is 32.2. The van der Waals surface area contributed by atoms with Crippen LogP contribution in [0.4, 0.5) is 0 Å². The summed E-state index contributed by atoms with van der Waals surface area (Å²) in [6.07, 6.45) is 1.16. The van der Waals surface area contributed by atoms with Crippen LogP contribution in [-0.4, -0.2) is 14.7 Å². The van der Waals surface area contributed by atoms with Crippen LogP contribution in [0.1, 0.15) is 30.9 Å². The van der Waals surface area contributed by atoms with Crippen LogP contribution in [0.25, 0.3) is 0 Å². The largest absolute Gasteiger partial charge is 0.224 e. The van der Waals surface area contributed by atoms with E-state index in [-0.39, 0.29) is 10.8 Å². The van der Waals surface area contributed by atoms with Crippen LogP contribution in [0.15, 0.2) is 23.1 Å². The van der Waals surface area contributed by atoms with Gasteiger partial charge in [0.2, 0.25) is 0 Å². The van der Waals surface area contributed by atoms with Crippen LogP contribution in [0, 0.1) is 11.3 Å². The van der Waals surface area contributed by atoms with Crippen molar-refractivity contribution in [3.63, 3.8) is 0 Å². The fourth-order valence-electron chi connectivity index (χ4n) is 1.40. The van der Waals surface area contributed by atoms with Gasteiger partial charge in [0.15, 0.2) is 9.84 Å². The topological polar surface area (TPSA) is 57.9 Å². The predicted molar refractivity (Wildman–Crippen MR) is 58.4 cm³/mol. The van der Waals surface area contributed by atoms with E-state index >= 15 is 0 Å². The third kappa shape index (κ3) is 2.57. The molecule has 0 aromatic heterocycles. The highest BCUT2D eigenvalue weighted by Gasteiger charge is 2.15. The lowest BCUT2D eigenvalue weighted by Gasteiger charge is -2.11. The van der Waals surface area contributed by atoms with Crippen molar-refractivity contribution in [2.75, 3.05) is 6.26 Å². The fourth-order valence-corrected chi connectivity index (χ4v) is 2.47. The number of benzene rings is 1. The first-order valence-electron chi connectivity index (χ1n) is 4.60. The molecule has 0 aliphatic rings. The molecule has 0 radical (unpaired) electrons. The summed E-state index contributed by atoms with van der Waals surface area (Å²) < 4.78 is 23.0. The Hall–Kier alpha value is -1.34. The molecule has 1 aromatic rings. The first-order chi connectivity index (χ1) is 6.86. The van der Waals surface area contributed by atoms with Crippen LogP contribution in [0.2, 0.25) is 0 Å². The molecule has 0 bridgehead atoms. The minimum atomic E-state index is -3.26. The Morgan fingerprint density at radius 2 is 1.93 bits per heavy atom. The van der Waals surface area contributed by atoms with Gasteiger partial charge >= 0.3 is 0 Å². The molecule has 0 heterocycles. The van der Waals surface area contributed by atoms with Gasteiger partial charge in [-0.25, -0.2) is 8.42 Å². The highest BCUT2D eigenvalue weighted by molar-refractivity contribution is 7.90. The predicted octanol–water partition coefficient (Wildman–Crippen LogP) is 2.09. The Bertz CT molecular complexity index is 510. The maximum atomic E-state index is 11.5. The lowest BCUT2D eigenvalue weighted by atomic mass is 10.0. The first kappa shape index (κ1) is 11.7. The quantitative estimate of drug-likeness (QED) is 0.771. The van der Waals surface area contributed by atoms with Gasteiger partial charge in [0, 0.05) is 6.26 Å². The minimum Gasteiger partial charge on any atom is -0.224 e. The van der Waals surface area contributed by atoms with Gasteiger partial charge < -0.3 is 0 Å². The second-order valence-electron chi connectivity index (χ2n) is 3.79. The molecule has 0 aliphatic heterocycles. The Morgan fingerprint density at radius 1 is 1.33 bits per heavy atom.